The van der Waals surface area contributed by atoms with Crippen molar-refractivity contribution in [1.29, 1.82) is 5.26 Å². The van der Waals surface area contributed by atoms with E-state index in [9.17, 15) is 0 Å². The summed E-state index contributed by atoms with van der Waals surface area (Å²) in [4.78, 5) is 3.18. The molecule has 0 saturated carbocycles. The van der Waals surface area contributed by atoms with Gasteiger partial charge in [0.05, 0.1) is 18.2 Å². The van der Waals surface area contributed by atoms with E-state index >= 15 is 0 Å². The van der Waals surface area contributed by atoms with Crippen LogP contribution in [0.25, 0.3) is 0 Å². The van der Waals surface area contributed by atoms with Crippen LogP contribution in [-0.2, 0) is 12.3 Å². The van der Waals surface area contributed by atoms with Gasteiger partial charge >= 0.3 is 0 Å². The summed E-state index contributed by atoms with van der Waals surface area (Å²) in [6.45, 7) is 2.94. The Hall–Kier alpha value is -0.950. The fraction of sp³-hybridized carbons (Fsp3) is 0.556. The Kier molecular flexibility index (Phi) is 4.41. The maximum absolute atomic E-state index is 8.45. The number of nitriles is 1. The second kappa shape index (κ2) is 5.65. The molecule has 1 aromatic rings. The van der Waals surface area contributed by atoms with Crippen molar-refractivity contribution in [1.82, 2.24) is 4.98 Å². The van der Waals surface area contributed by atoms with Gasteiger partial charge in [-0.15, -0.1) is 11.8 Å². The van der Waals surface area contributed by atoms with Crippen molar-refractivity contribution in [3.63, 3.8) is 0 Å². The molecule has 13 heavy (non-hydrogen) atoms. The van der Waals surface area contributed by atoms with Gasteiger partial charge in [0.2, 0.25) is 0 Å². The molecule has 3 nitrogen and oxygen atoms in total. The van der Waals surface area contributed by atoms with E-state index in [-0.39, 0.29) is 0 Å². The highest BCUT2D eigenvalue weighted by Gasteiger charge is 2.08. The lowest BCUT2D eigenvalue weighted by molar-refractivity contribution is -0.700. The first-order valence-corrected chi connectivity index (χ1v) is 5.54. The topological polar surface area (TPSA) is 43.5 Å². The Bertz CT molecular complexity index is 287. The molecule has 1 rings (SSSR count). The van der Waals surface area contributed by atoms with Crippen molar-refractivity contribution in [2.45, 2.75) is 25.6 Å². The van der Waals surface area contributed by atoms with Crippen LogP contribution < -0.4 is 4.57 Å². The standard InChI is InChI=1S/C9H13N3S/c1-2-13-8-9-11-5-7-12(9)6-3-4-10/h5,7H,2-3,6,8H2,1H3/p+1. The van der Waals surface area contributed by atoms with Gasteiger partial charge in [0, 0.05) is 0 Å². The van der Waals surface area contributed by atoms with Crippen LogP contribution in [0.1, 0.15) is 19.2 Å². The van der Waals surface area contributed by atoms with E-state index in [1.54, 1.807) is 0 Å². The highest BCUT2D eigenvalue weighted by Crippen LogP contribution is 2.05. The molecule has 0 aliphatic heterocycles. The maximum atomic E-state index is 8.45. The minimum Gasteiger partial charge on any atom is -0.247 e. The van der Waals surface area contributed by atoms with Gasteiger partial charge in [-0.2, -0.15) is 5.26 Å². The first-order valence-electron chi connectivity index (χ1n) is 4.39. The van der Waals surface area contributed by atoms with Gasteiger partial charge in [-0.3, -0.25) is 0 Å². The molecule has 0 atom stereocenters. The predicted octanol–water partition coefficient (Wildman–Crippen LogP) is 1.47. The number of aromatic nitrogens is 2. The summed E-state index contributed by atoms with van der Waals surface area (Å²) in [6.07, 6.45) is 4.48. The van der Waals surface area contributed by atoms with E-state index < -0.39 is 0 Å². The number of aryl methyl sites for hydroxylation is 1. The summed E-state index contributed by atoms with van der Waals surface area (Å²) in [6, 6.07) is 2.15. The van der Waals surface area contributed by atoms with Crippen molar-refractivity contribution < 1.29 is 4.57 Å². The summed E-state index contributed by atoms with van der Waals surface area (Å²) in [5, 5.41) is 8.45. The van der Waals surface area contributed by atoms with Crippen molar-refractivity contribution >= 4 is 11.8 Å². The second-order valence-corrected chi connectivity index (χ2v) is 3.92. The number of nitrogens with one attached hydrogen (secondary N) is 1. The smallest absolute Gasteiger partial charge is 0.247 e. The van der Waals surface area contributed by atoms with Crippen LogP contribution in [-0.4, -0.2) is 10.7 Å². The minimum absolute atomic E-state index is 0.576. The Morgan fingerprint density at radius 1 is 1.69 bits per heavy atom. The van der Waals surface area contributed by atoms with E-state index in [0.29, 0.717) is 6.42 Å². The third kappa shape index (κ3) is 3.11. The van der Waals surface area contributed by atoms with Gasteiger partial charge in [0.1, 0.15) is 18.9 Å². The zero-order valence-corrected chi connectivity index (χ0v) is 8.60. The summed E-state index contributed by atoms with van der Waals surface area (Å²) in [5.74, 6) is 3.31. The Morgan fingerprint density at radius 3 is 3.23 bits per heavy atom. The number of thioether (sulfide) groups is 1. The van der Waals surface area contributed by atoms with Gasteiger partial charge in [0.15, 0.2) is 0 Å². The van der Waals surface area contributed by atoms with E-state index in [2.05, 4.69) is 22.5 Å². The van der Waals surface area contributed by atoms with Crippen LogP contribution in [0.2, 0.25) is 0 Å². The molecule has 0 unspecified atom stereocenters. The van der Waals surface area contributed by atoms with Gasteiger partial charge < -0.3 is 0 Å². The van der Waals surface area contributed by atoms with Gasteiger partial charge in [-0.05, 0) is 5.75 Å². The zero-order valence-electron chi connectivity index (χ0n) is 7.79. The summed E-state index contributed by atoms with van der Waals surface area (Å²) < 4.78 is 2.10. The van der Waals surface area contributed by atoms with E-state index in [0.717, 1.165) is 18.1 Å². The maximum Gasteiger partial charge on any atom is 0.264 e. The molecule has 0 fully saturated rings. The first-order chi connectivity index (χ1) is 6.38. The van der Waals surface area contributed by atoms with Crippen LogP contribution in [0, 0.1) is 11.3 Å². The second-order valence-electron chi connectivity index (χ2n) is 2.65. The van der Waals surface area contributed by atoms with E-state index in [1.807, 2.05) is 24.2 Å². The average molecular weight is 196 g/mol. The molecule has 1 aromatic heterocycles. The predicted molar refractivity (Wildman–Crippen MR) is 53.1 cm³/mol. The quantitative estimate of drug-likeness (QED) is 0.725. The molecule has 0 aliphatic rings. The van der Waals surface area contributed by atoms with Gasteiger partial charge in [0.25, 0.3) is 5.82 Å². The average Bonchev–Trinajstić information content (AvgIpc) is 2.59. The molecular formula is C9H14N3S+. The molecule has 0 aliphatic carbocycles. The number of H-pyrrole nitrogens is 1. The lowest BCUT2D eigenvalue weighted by Crippen LogP contribution is -2.35. The number of hydrogen-bond donors (Lipinski definition) is 1. The zero-order chi connectivity index (χ0) is 9.52. The molecule has 1 heterocycles. The molecule has 0 radical (unpaired) electrons. The fourth-order valence-corrected chi connectivity index (χ4v) is 1.75. The number of imidazole rings is 1. The molecular weight excluding hydrogens is 182 g/mol. The first kappa shape index (κ1) is 10.1. The molecule has 0 saturated heterocycles. The highest BCUT2D eigenvalue weighted by molar-refractivity contribution is 7.98. The molecule has 4 heteroatoms. The molecule has 1 N–H and O–H groups in total. The monoisotopic (exact) mass is 196 g/mol. The largest absolute Gasteiger partial charge is 0.264 e. The van der Waals surface area contributed by atoms with Crippen LogP contribution in [0.5, 0.6) is 0 Å². The third-order valence-electron chi connectivity index (χ3n) is 1.76. The SMILES string of the molecule is CCSCc1[nH]cc[n+]1CCC#N. The molecule has 0 amide bonds. The number of aromatic amines is 1. The summed E-state index contributed by atoms with van der Waals surface area (Å²) in [5.41, 5.74) is 0. The molecule has 0 bridgehead atoms. The van der Waals surface area contributed by atoms with Gasteiger partial charge in [-0.25, -0.2) is 9.55 Å². The van der Waals surface area contributed by atoms with Crippen LogP contribution in [0.4, 0.5) is 0 Å². The van der Waals surface area contributed by atoms with Crippen molar-refractivity contribution in [2.75, 3.05) is 5.75 Å². The van der Waals surface area contributed by atoms with Crippen molar-refractivity contribution in [3.8, 4) is 6.07 Å². The van der Waals surface area contributed by atoms with Crippen LogP contribution in [0.15, 0.2) is 12.4 Å². The fourth-order valence-electron chi connectivity index (χ4n) is 1.10. The lowest BCUT2D eigenvalue weighted by Gasteiger charge is -1.96. The molecule has 70 valence electrons. The Morgan fingerprint density at radius 2 is 2.54 bits per heavy atom. The van der Waals surface area contributed by atoms with Crippen LogP contribution in [0.3, 0.4) is 0 Å². The molecule has 0 aromatic carbocycles. The third-order valence-corrected chi connectivity index (χ3v) is 2.64. The van der Waals surface area contributed by atoms with E-state index in [4.69, 9.17) is 5.26 Å². The Balaban J connectivity index is 2.51. The number of nitrogens with zero attached hydrogens (tertiary/aromatic N) is 2. The van der Waals surface area contributed by atoms with Gasteiger partial charge in [-0.1, -0.05) is 6.92 Å². The Labute approximate surface area is 82.8 Å². The molecule has 0 spiro atoms. The normalized spacial score (nSPS) is 9.85. The van der Waals surface area contributed by atoms with Crippen LogP contribution >= 0.6 is 11.8 Å². The summed E-state index contributed by atoms with van der Waals surface area (Å²) in [7, 11) is 0. The summed E-state index contributed by atoms with van der Waals surface area (Å²) >= 11 is 1.88. The highest BCUT2D eigenvalue weighted by atomic mass is 32.2. The van der Waals surface area contributed by atoms with E-state index in [1.165, 1.54) is 5.82 Å². The van der Waals surface area contributed by atoms with Crippen molar-refractivity contribution in [2.24, 2.45) is 0 Å². The lowest BCUT2D eigenvalue weighted by atomic mass is 10.4. The number of rotatable bonds is 5. The minimum atomic E-state index is 0.576. The number of hydrogen-bond acceptors (Lipinski definition) is 2. The van der Waals surface area contributed by atoms with Crippen molar-refractivity contribution in [3.05, 3.63) is 18.2 Å².